The molecule has 0 unspecified atom stereocenters. The molecule has 0 radical (unpaired) electrons. The standard InChI is InChI=1S/C10H16N2O3S/c1-5-14-7-6-16-9(11-7)15-8(13)12-10(2,3)4/h6H,5H2,1-4H3,(H,12,13). The molecule has 0 atom stereocenters. The Labute approximate surface area is 98.8 Å². The number of thiazole rings is 1. The average molecular weight is 244 g/mol. The molecule has 6 heteroatoms. The molecule has 90 valence electrons. The molecule has 0 saturated carbocycles. The van der Waals surface area contributed by atoms with Crippen molar-refractivity contribution in [1.82, 2.24) is 10.3 Å². The van der Waals surface area contributed by atoms with Gasteiger partial charge in [0, 0.05) is 5.54 Å². The van der Waals surface area contributed by atoms with Gasteiger partial charge in [0.25, 0.3) is 5.19 Å². The van der Waals surface area contributed by atoms with Gasteiger partial charge in [-0.15, -0.1) is 0 Å². The summed E-state index contributed by atoms with van der Waals surface area (Å²) in [6, 6.07) is 0. The number of amides is 1. The molecule has 16 heavy (non-hydrogen) atoms. The lowest BCUT2D eigenvalue weighted by molar-refractivity contribution is 0.190. The largest absolute Gasteiger partial charge is 0.477 e. The zero-order valence-corrected chi connectivity index (χ0v) is 10.7. The second-order valence-corrected chi connectivity index (χ2v) is 4.97. The van der Waals surface area contributed by atoms with Crippen molar-refractivity contribution in [3.05, 3.63) is 5.38 Å². The van der Waals surface area contributed by atoms with Crippen molar-refractivity contribution in [3.8, 4) is 11.1 Å². The highest BCUT2D eigenvalue weighted by molar-refractivity contribution is 7.11. The summed E-state index contributed by atoms with van der Waals surface area (Å²) in [4.78, 5) is 15.4. The first-order valence-electron chi connectivity index (χ1n) is 4.99. The molecule has 1 amide bonds. The van der Waals surface area contributed by atoms with Crippen LogP contribution in [0.5, 0.6) is 11.1 Å². The van der Waals surface area contributed by atoms with Gasteiger partial charge in [-0.25, -0.2) is 4.79 Å². The van der Waals surface area contributed by atoms with Gasteiger partial charge in [-0.3, -0.25) is 0 Å². The Morgan fingerprint density at radius 3 is 2.81 bits per heavy atom. The lowest BCUT2D eigenvalue weighted by atomic mass is 10.1. The summed E-state index contributed by atoms with van der Waals surface area (Å²) >= 11 is 1.22. The van der Waals surface area contributed by atoms with Crippen molar-refractivity contribution in [2.75, 3.05) is 6.61 Å². The first-order chi connectivity index (χ1) is 7.40. The molecule has 1 N–H and O–H groups in total. The summed E-state index contributed by atoms with van der Waals surface area (Å²) in [6.45, 7) is 8.04. The Morgan fingerprint density at radius 1 is 1.56 bits per heavy atom. The van der Waals surface area contributed by atoms with Gasteiger partial charge >= 0.3 is 6.09 Å². The maximum atomic E-state index is 11.4. The molecule has 0 aliphatic heterocycles. The predicted octanol–water partition coefficient (Wildman–Crippen LogP) is 2.43. The SMILES string of the molecule is CCOc1csc(OC(=O)NC(C)(C)C)n1. The maximum absolute atomic E-state index is 11.4. The van der Waals surface area contributed by atoms with Gasteiger partial charge in [0.05, 0.1) is 12.0 Å². The summed E-state index contributed by atoms with van der Waals surface area (Å²) < 4.78 is 10.2. The fourth-order valence-corrected chi connectivity index (χ4v) is 1.50. The summed E-state index contributed by atoms with van der Waals surface area (Å²) in [6.07, 6.45) is -0.509. The third kappa shape index (κ3) is 4.48. The number of ether oxygens (including phenoxy) is 2. The fraction of sp³-hybridized carbons (Fsp3) is 0.600. The number of hydrogen-bond acceptors (Lipinski definition) is 5. The van der Waals surface area contributed by atoms with Crippen LogP contribution in [0.3, 0.4) is 0 Å². The van der Waals surface area contributed by atoms with E-state index in [1.807, 2.05) is 27.7 Å². The van der Waals surface area contributed by atoms with Gasteiger partial charge in [0.1, 0.15) is 0 Å². The van der Waals surface area contributed by atoms with Crippen LogP contribution in [0.2, 0.25) is 0 Å². The van der Waals surface area contributed by atoms with Crippen LogP contribution in [0.4, 0.5) is 4.79 Å². The molecular weight excluding hydrogens is 228 g/mol. The van der Waals surface area contributed by atoms with Gasteiger partial charge in [-0.1, -0.05) is 11.3 Å². The highest BCUT2D eigenvalue weighted by atomic mass is 32.1. The molecule has 5 nitrogen and oxygen atoms in total. The minimum Gasteiger partial charge on any atom is -0.477 e. The fourth-order valence-electron chi connectivity index (χ4n) is 0.916. The number of aromatic nitrogens is 1. The molecule has 0 bridgehead atoms. The normalized spacial score (nSPS) is 11.0. The van der Waals surface area contributed by atoms with Crippen molar-refractivity contribution in [1.29, 1.82) is 0 Å². The Kier molecular flexibility index (Phi) is 4.12. The number of carbonyl (C=O) groups excluding carboxylic acids is 1. The molecule has 1 rings (SSSR count). The predicted molar refractivity (Wildman–Crippen MR) is 62.2 cm³/mol. The highest BCUT2D eigenvalue weighted by Crippen LogP contribution is 2.23. The topological polar surface area (TPSA) is 60.5 Å². The minimum absolute atomic E-state index is 0.283. The number of nitrogens with zero attached hydrogens (tertiary/aromatic N) is 1. The Balaban J connectivity index is 2.50. The van der Waals surface area contributed by atoms with Gasteiger partial charge in [-0.05, 0) is 27.7 Å². The lowest BCUT2D eigenvalue weighted by Crippen LogP contribution is -2.42. The first kappa shape index (κ1) is 12.8. The van der Waals surface area contributed by atoms with E-state index < -0.39 is 6.09 Å². The molecule has 1 heterocycles. The van der Waals surface area contributed by atoms with Crippen molar-refractivity contribution in [2.24, 2.45) is 0 Å². The smallest absolute Gasteiger partial charge is 0.414 e. The summed E-state index contributed by atoms with van der Waals surface area (Å²) in [5.74, 6) is 0.478. The maximum Gasteiger partial charge on any atom is 0.414 e. The quantitative estimate of drug-likeness (QED) is 0.887. The zero-order valence-electron chi connectivity index (χ0n) is 9.86. The Hall–Kier alpha value is -1.30. The second-order valence-electron chi connectivity index (χ2n) is 4.15. The van der Waals surface area contributed by atoms with E-state index in [0.29, 0.717) is 12.5 Å². The van der Waals surface area contributed by atoms with Crippen LogP contribution in [-0.4, -0.2) is 23.2 Å². The monoisotopic (exact) mass is 244 g/mol. The summed E-state index contributed by atoms with van der Waals surface area (Å²) in [5.41, 5.74) is -0.322. The van der Waals surface area contributed by atoms with Crippen LogP contribution in [0.25, 0.3) is 0 Å². The van der Waals surface area contributed by atoms with E-state index in [1.165, 1.54) is 11.3 Å². The third-order valence-electron chi connectivity index (χ3n) is 1.41. The molecule has 0 aliphatic rings. The third-order valence-corrected chi connectivity index (χ3v) is 2.11. The van der Waals surface area contributed by atoms with Crippen LogP contribution in [0.15, 0.2) is 5.38 Å². The van der Waals surface area contributed by atoms with E-state index in [9.17, 15) is 4.79 Å². The van der Waals surface area contributed by atoms with Gasteiger partial charge < -0.3 is 14.8 Å². The second kappa shape index (κ2) is 5.16. The number of rotatable bonds is 3. The minimum atomic E-state index is -0.509. The van der Waals surface area contributed by atoms with Crippen LogP contribution in [0, 0.1) is 0 Å². The van der Waals surface area contributed by atoms with Crippen LogP contribution >= 0.6 is 11.3 Å². The number of nitrogens with one attached hydrogen (secondary N) is 1. The van der Waals surface area contributed by atoms with E-state index in [-0.39, 0.29) is 10.7 Å². The van der Waals surface area contributed by atoms with Crippen molar-refractivity contribution in [2.45, 2.75) is 33.2 Å². The lowest BCUT2D eigenvalue weighted by Gasteiger charge is -2.18. The van der Waals surface area contributed by atoms with Crippen molar-refractivity contribution in [3.63, 3.8) is 0 Å². The van der Waals surface area contributed by atoms with Gasteiger partial charge in [0.15, 0.2) is 0 Å². The summed E-state index contributed by atoms with van der Waals surface area (Å²) in [5, 5.41) is 4.65. The molecule has 0 spiro atoms. The Bertz CT molecular complexity index is 357. The first-order valence-corrected chi connectivity index (χ1v) is 5.87. The molecule has 0 fully saturated rings. The molecular formula is C10H16N2O3S. The van der Waals surface area contributed by atoms with Crippen molar-refractivity contribution < 1.29 is 14.3 Å². The molecule has 1 aromatic rings. The van der Waals surface area contributed by atoms with E-state index in [2.05, 4.69) is 10.3 Å². The molecule has 0 aliphatic carbocycles. The molecule has 1 aromatic heterocycles. The number of hydrogen-bond donors (Lipinski definition) is 1. The number of carbonyl (C=O) groups is 1. The van der Waals surface area contributed by atoms with E-state index in [1.54, 1.807) is 5.38 Å². The zero-order chi connectivity index (χ0) is 12.2. The van der Waals surface area contributed by atoms with E-state index >= 15 is 0 Å². The van der Waals surface area contributed by atoms with Crippen molar-refractivity contribution >= 4 is 17.4 Å². The Morgan fingerprint density at radius 2 is 2.25 bits per heavy atom. The van der Waals surface area contributed by atoms with Gasteiger partial charge in [0.2, 0.25) is 5.88 Å². The average Bonchev–Trinajstić information content (AvgIpc) is 2.49. The molecule has 0 saturated heterocycles. The summed E-state index contributed by atoms with van der Waals surface area (Å²) in [7, 11) is 0. The van der Waals surface area contributed by atoms with Gasteiger partial charge in [-0.2, -0.15) is 4.98 Å². The highest BCUT2D eigenvalue weighted by Gasteiger charge is 2.16. The molecule has 0 aromatic carbocycles. The van der Waals surface area contributed by atoms with E-state index in [0.717, 1.165) is 0 Å². The van der Waals surface area contributed by atoms with Crippen LogP contribution in [0.1, 0.15) is 27.7 Å². The van der Waals surface area contributed by atoms with Crippen LogP contribution < -0.4 is 14.8 Å². The van der Waals surface area contributed by atoms with E-state index in [4.69, 9.17) is 9.47 Å². The van der Waals surface area contributed by atoms with Crippen LogP contribution in [-0.2, 0) is 0 Å².